The van der Waals surface area contributed by atoms with Crippen LogP contribution in [0.5, 0.6) is 5.75 Å². The molecule has 3 N–H and O–H groups in total. The number of tetrazole rings is 1. The van der Waals surface area contributed by atoms with Gasteiger partial charge >= 0.3 is 5.97 Å². The van der Waals surface area contributed by atoms with E-state index in [9.17, 15) is 24.6 Å². The molecule has 3 heterocycles. The second kappa shape index (κ2) is 11.0. The van der Waals surface area contributed by atoms with E-state index < -0.39 is 34.6 Å². The van der Waals surface area contributed by atoms with Crippen LogP contribution in [0, 0.1) is 5.41 Å². The van der Waals surface area contributed by atoms with Crippen molar-refractivity contribution >= 4 is 58.6 Å². The molecule has 0 bridgehead atoms. The minimum absolute atomic E-state index is 0.00966. The number of aryl methyl sites for hydroxylation is 1. The normalized spacial score (nSPS) is 23.1. The van der Waals surface area contributed by atoms with Crippen LogP contribution in [0.2, 0.25) is 5.02 Å². The maximum absolute atomic E-state index is 13.1. The maximum Gasteiger partial charge on any atom is 0.313 e. The summed E-state index contributed by atoms with van der Waals surface area (Å²) in [5.74, 6) is -1.91. The van der Waals surface area contributed by atoms with Gasteiger partial charge in [0.25, 0.3) is 5.91 Å². The van der Waals surface area contributed by atoms with Gasteiger partial charge in [0.2, 0.25) is 11.1 Å². The number of halogens is 1. The molecule has 13 nitrogen and oxygen atoms in total. The van der Waals surface area contributed by atoms with Gasteiger partial charge in [-0.3, -0.25) is 14.4 Å². The number of thioether (sulfide) groups is 2. The lowest BCUT2D eigenvalue weighted by Gasteiger charge is -2.53. The molecule has 37 heavy (non-hydrogen) atoms. The van der Waals surface area contributed by atoms with Crippen LogP contribution in [0.25, 0.3) is 0 Å². The standard InChI is InChI=1S/C21H22ClN7O6S2/c1-3-6-35-25-14(11-4-5-13(30)12(22)7-11)16(31)23-15-17(32)29-8-21(19(33)34,9-36-18(15)29)10-37-20-24-26-27-28(20)2/h3-5,7,15,18,30H,1,6,8-10H2,2H3,(H,23,31)(H,33,34)/t15?,18-,21?/m1/s1. The molecule has 0 saturated carbocycles. The van der Waals surface area contributed by atoms with Gasteiger partial charge in [-0.25, -0.2) is 4.68 Å². The van der Waals surface area contributed by atoms with E-state index in [1.807, 2.05) is 0 Å². The minimum atomic E-state index is -1.21. The summed E-state index contributed by atoms with van der Waals surface area (Å²) in [6, 6.07) is 3.22. The van der Waals surface area contributed by atoms with Crippen LogP contribution in [0.3, 0.4) is 0 Å². The number of carboxylic acid groups (broad SMARTS) is 1. The maximum atomic E-state index is 13.1. The molecule has 2 saturated heterocycles. The Morgan fingerprint density at radius 1 is 1.49 bits per heavy atom. The number of amides is 2. The molecule has 0 spiro atoms. The quantitative estimate of drug-likeness (QED) is 0.0922. The molecule has 4 rings (SSSR count). The van der Waals surface area contributed by atoms with Crippen molar-refractivity contribution in [1.29, 1.82) is 0 Å². The number of β-lactam (4-membered cyclic amide) rings is 1. The topological polar surface area (TPSA) is 172 Å². The Hall–Kier alpha value is -3.30. The highest BCUT2D eigenvalue weighted by atomic mass is 35.5. The highest BCUT2D eigenvalue weighted by Crippen LogP contribution is 2.44. The van der Waals surface area contributed by atoms with E-state index in [1.54, 1.807) is 7.05 Å². The van der Waals surface area contributed by atoms with Crippen molar-refractivity contribution in [3.8, 4) is 5.75 Å². The Balaban J connectivity index is 1.46. The monoisotopic (exact) mass is 567 g/mol. The smallest absolute Gasteiger partial charge is 0.313 e. The second-order valence-electron chi connectivity index (χ2n) is 8.27. The highest BCUT2D eigenvalue weighted by Gasteiger charge is 2.57. The van der Waals surface area contributed by atoms with E-state index >= 15 is 0 Å². The first-order valence-corrected chi connectivity index (χ1v) is 13.2. The Kier molecular flexibility index (Phi) is 7.94. The van der Waals surface area contributed by atoms with E-state index in [2.05, 4.69) is 32.6 Å². The number of phenolic OH excluding ortho intramolecular Hbond substituents is 1. The molecule has 1 aromatic heterocycles. The van der Waals surface area contributed by atoms with E-state index in [0.717, 1.165) is 0 Å². The first kappa shape index (κ1) is 26.8. The van der Waals surface area contributed by atoms with Crippen molar-refractivity contribution in [2.24, 2.45) is 17.6 Å². The molecule has 196 valence electrons. The van der Waals surface area contributed by atoms with Crippen molar-refractivity contribution in [2.75, 3.05) is 24.7 Å². The minimum Gasteiger partial charge on any atom is -0.506 e. The molecule has 2 aromatic rings. The lowest BCUT2D eigenvalue weighted by Crippen LogP contribution is -2.74. The average Bonchev–Trinajstić information content (AvgIpc) is 3.29. The molecule has 2 unspecified atom stereocenters. The van der Waals surface area contributed by atoms with Gasteiger partial charge in [0.15, 0.2) is 5.71 Å². The van der Waals surface area contributed by atoms with Crippen molar-refractivity contribution in [2.45, 2.75) is 16.6 Å². The number of nitrogens with zero attached hydrogens (tertiary/aromatic N) is 6. The largest absolute Gasteiger partial charge is 0.506 e. The van der Waals surface area contributed by atoms with Gasteiger partial charge in [0.05, 0.1) is 5.02 Å². The Morgan fingerprint density at radius 3 is 2.92 bits per heavy atom. The fourth-order valence-corrected chi connectivity index (χ4v) is 6.59. The van der Waals surface area contributed by atoms with Gasteiger partial charge in [-0.2, -0.15) is 0 Å². The van der Waals surface area contributed by atoms with E-state index in [1.165, 1.54) is 57.4 Å². The van der Waals surface area contributed by atoms with E-state index in [0.29, 0.717) is 5.16 Å². The third-order valence-corrected chi connectivity index (χ3v) is 8.92. The summed E-state index contributed by atoms with van der Waals surface area (Å²) >= 11 is 8.46. The highest BCUT2D eigenvalue weighted by molar-refractivity contribution is 8.00. The average molecular weight is 568 g/mol. The molecule has 2 fully saturated rings. The van der Waals surface area contributed by atoms with Crippen molar-refractivity contribution in [3.05, 3.63) is 41.4 Å². The number of carboxylic acids is 1. The first-order valence-electron chi connectivity index (χ1n) is 10.8. The number of carbonyl (C=O) groups excluding carboxylic acids is 2. The Bertz CT molecular complexity index is 1270. The number of aliphatic carboxylic acids is 1. The molecule has 1 aromatic carbocycles. The van der Waals surface area contributed by atoms with E-state index in [4.69, 9.17) is 16.4 Å². The van der Waals surface area contributed by atoms with Gasteiger partial charge in [-0.1, -0.05) is 41.2 Å². The number of benzene rings is 1. The van der Waals surface area contributed by atoms with Crippen molar-refractivity contribution in [3.63, 3.8) is 0 Å². The molecule has 2 aliphatic rings. The molecular formula is C21H22ClN7O6S2. The molecule has 2 aliphatic heterocycles. The van der Waals surface area contributed by atoms with Crippen LogP contribution in [-0.4, -0.2) is 94.9 Å². The zero-order valence-electron chi connectivity index (χ0n) is 19.4. The van der Waals surface area contributed by atoms with Gasteiger partial charge in [0.1, 0.15) is 29.2 Å². The number of hydrogen-bond donors (Lipinski definition) is 3. The number of hydrogen-bond acceptors (Lipinski definition) is 11. The summed E-state index contributed by atoms with van der Waals surface area (Å²) < 4.78 is 1.44. The zero-order chi connectivity index (χ0) is 26.7. The number of aromatic hydroxyl groups is 1. The Labute approximate surface area is 224 Å². The summed E-state index contributed by atoms with van der Waals surface area (Å²) in [6.07, 6.45) is 1.45. The molecule has 2 amide bonds. The van der Waals surface area contributed by atoms with Gasteiger partial charge in [-0.05, 0) is 28.6 Å². The molecular weight excluding hydrogens is 546 g/mol. The van der Waals surface area contributed by atoms with Crippen LogP contribution < -0.4 is 5.32 Å². The zero-order valence-corrected chi connectivity index (χ0v) is 21.8. The molecule has 0 aliphatic carbocycles. The summed E-state index contributed by atoms with van der Waals surface area (Å²) in [7, 11) is 1.65. The number of aromatic nitrogens is 4. The van der Waals surface area contributed by atoms with Crippen LogP contribution >= 0.6 is 35.1 Å². The summed E-state index contributed by atoms with van der Waals surface area (Å²) in [5, 5.41) is 37.4. The molecule has 0 radical (unpaired) electrons. The number of phenols is 1. The molecule has 3 atom stereocenters. The summed E-state index contributed by atoms with van der Waals surface area (Å²) in [6.45, 7) is 3.55. The lowest BCUT2D eigenvalue weighted by molar-refractivity contribution is -0.157. The SMILES string of the molecule is C=CCON=C(C(=O)NC1C(=O)N2CC(CSc3nnnn3C)(C(=O)O)CS[C@H]12)c1ccc(O)c(Cl)c1. The Morgan fingerprint density at radius 2 is 2.27 bits per heavy atom. The lowest BCUT2D eigenvalue weighted by atomic mass is 9.89. The predicted octanol–water partition coefficient (Wildman–Crippen LogP) is 0.739. The second-order valence-corrected chi connectivity index (χ2v) is 10.7. The van der Waals surface area contributed by atoms with Gasteiger partial charge in [0, 0.05) is 30.7 Å². The van der Waals surface area contributed by atoms with Crippen molar-refractivity contribution in [1.82, 2.24) is 30.4 Å². The van der Waals surface area contributed by atoms with Gasteiger partial charge in [-0.15, -0.1) is 16.9 Å². The number of nitrogens with one attached hydrogen (secondary N) is 1. The van der Waals surface area contributed by atoms with Crippen LogP contribution in [-0.2, 0) is 26.3 Å². The van der Waals surface area contributed by atoms with Crippen LogP contribution in [0.4, 0.5) is 0 Å². The van der Waals surface area contributed by atoms with Crippen molar-refractivity contribution < 1.29 is 29.4 Å². The van der Waals surface area contributed by atoms with E-state index in [-0.39, 0.29) is 46.7 Å². The summed E-state index contributed by atoms with van der Waals surface area (Å²) in [5.41, 5.74) is -1.09. The van der Waals surface area contributed by atoms with Crippen LogP contribution in [0.1, 0.15) is 5.56 Å². The fraction of sp³-hybridized carbons (Fsp3) is 0.381. The van der Waals surface area contributed by atoms with Crippen LogP contribution in [0.15, 0.2) is 41.2 Å². The predicted molar refractivity (Wildman–Crippen MR) is 135 cm³/mol. The first-order chi connectivity index (χ1) is 17.7. The number of oxime groups is 1. The fourth-order valence-electron chi connectivity index (χ4n) is 3.70. The third kappa shape index (κ3) is 5.38. The third-order valence-electron chi connectivity index (χ3n) is 5.73. The number of fused-ring (bicyclic) bond motifs is 1. The number of rotatable bonds is 10. The number of carbonyl (C=O) groups is 3. The molecule has 16 heteroatoms. The van der Waals surface area contributed by atoms with Gasteiger partial charge < -0.3 is 25.3 Å². The summed E-state index contributed by atoms with van der Waals surface area (Å²) in [4.78, 5) is 44.9.